The zero-order valence-corrected chi connectivity index (χ0v) is 10.1. The fourth-order valence-corrected chi connectivity index (χ4v) is 1.65. The molecule has 1 aromatic rings. The highest BCUT2D eigenvalue weighted by atomic mass is 32.2. The number of anilines is 1. The Morgan fingerprint density at radius 3 is 3.06 bits per heavy atom. The van der Waals surface area contributed by atoms with Gasteiger partial charge in [0.1, 0.15) is 0 Å². The van der Waals surface area contributed by atoms with E-state index in [1.54, 1.807) is 17.8 Å². The van der Waals surface area contributed by atoms with Gasteiger partial charge in [-0.2, -0.15) is 16.9 Å². The van der Waals surface area contributed by atoms with E-state index in [-0.39, 0.29) is 5.84 Å². The van der Waals surface area contributed by atoms with Crippen molar-refractivity contribution in [2.75, 3.05) is 30.5 Å². The van der Waals surface area contributed by atoms with Gasteiger partial charge in [-0.25, -0.2) is 0 Å². The lowest BCUT2D eigenvalue weighted by molar-refractivity contribution is 0.318. The second kappa shape index (κ2) is 6.16. The van der Waals surface area contributed by atoms with Crippen molar-refractivity contribution in [3.8, 4) is 0 Å². The standard InChI is InChI=1S/C9H15N5OS/c1-14(5-6-16-2)9-7(8(10)13-15)3-4-11-12-9/h3-4,15H,5-6H2,1-2H3,(H2,10,13). The molecule has 16 heavy (non-hydrogen) atoms. The summed E-state index contributed by atoms with van der Waals surface area (Å²) in [5, 5.41) is 19.4. The Kier molecular flexibility index (Phi) is 4.84. The Morgan fingerprint density at radius 1 is 1.69 bits per heavy atom. The van der Waals surface area contributed by atoms with Crippen molar-refractivity contribution in [3.05, 3.63) is 17.8 Å². The molecule has 0 aliphatic heterocycles. The summed E-state index contributed by atoms with van der Waals surface area (Å²) in [7, 11) is 1.90. The van der Waals surface area contributed by atoms with E-state index in [0.29, 0.717) is 11.4 Å². The van der Waals surface area contributed by atoms with Crippen LogP contribution in [0.1, 0.15) is 5.56 Å². The summed E-state index contributed by atoms with van der Waals surface area (Å²) in [4.78, 5) is 1.93. The Labute approximate surface area is 98.5 Å². The summed E-state index contributed by atoms with van der Waals surface area (Å²) in [6.07, 6.45) is 3.55. The van der Waals surface area contributed by atoms with Crippen LogP contribution >= 0.6 is 11.8 Å². The molecule has 0 saturated heterocycles. The molecule has 0 fully saturated rings. The number of thioether (sulfide) groups is 1. The van der Waals surface area contributed by atoms with Crippen LogP contribution in [0.5, 0.6) is 0 Å². The molecule has 7 heteroatoms. The van der Waals surface area contributed by atoms with Gasteiger partial charge in [-0.3, -0.25) is 0 Å². The zero-order valence-electron chi connectivity index (χ0n) is 9.29. The zero-order chi connectivity index (χ0) is 12.0. The normalized spacial score (nSPS) is 11.5. The van der Waals surface area contributed by atoms with Gasteiger partial charge in [0.05, 0.1) is 11.8 Å². The topological polar surface area (TPSA) is 87.6 Å². The summed E-state index contributed by atoms with van der Waals surface area (Å²) in [5.41, 5.74) is 6.15. The number of oxime groups is 1. The Bertz CT molecular complexity index is 371. The van der Waals surface area contributed by atoms with Gasteiger partial charge in [-0.15, -0.1) is 5.10 Å². The predicted octanol–water partition coefficient (Wildman–Crippen LogP) is 0.370. The SMILES string of the molecule is CSCCN(C)c1nnccc1/C(N)=N/O. The Morgan fingerprint density at radius 2 is 2.44 bits per heavy atom. The third-order valence-electron chi connectivity index (χ3n) is 2.08. The molecule has 0 aromatic carbocycles. The summed E-state index contributed by atoms with van der Waals surface area (Å²) in [6, 6.07) is 1.67. The van der Waals surface area contributed by atoms with Gasteiger partial charge < -0.3 is 15.8 Å². The number of aromatic nitrogens is 2. The maximum absolute atomic E-state index is 8.66. The average molecular weight is 241 g/mol. The summed E-state index contributed by atoms with van der Waals surface area (Å²) < 4.78 is 0. The minimum absolute atomic E-state index is 0.0425. The van der Waals surface area contributed by atoms with Crippen LogP contribution in [-0.4, -0.2) is 46.8 Å². The van der Waals surface area contributed by atoms with Gasteiger partial charge >= 0.3 is 0 Å². The highest BCUT2D eigenvalue weighted by Crippen LogP contribution is 2.14. The molecule has 0 aliphatic carbocycles. The van der Waals surface area contributed by atoms with Crippen LogP contribution in [0.4, 0.5) is 5.82 Å². The lowest BCUT2D eigenvalue weighted by Crippen LogP contribution is -2.26. The molecule has 0 saturated carbocycles. The highest BCUT2D eigenvalue weighted by molar-refractivity contribution is 7.98. The van der Waals surface area contributed by atoms with Crippen LogP contribution in [-0.2, 0) is 0 Å². The first-order valence-electron chi connectivity index (χ1n) is 4.70. The van der Waals surface area contributed by atoms with Gasteiger partial charge in [0.15, 0.2) is 11.7 Å². The van der Waals surface area contributed by atoms with E-state index in [1.807, 2.05) is 18.2 Å². The molecular formula is C9H15N5OS. The van der Waals surface area contributed by atoms with Gasteiger partial charge in [-0.05, 0) is 12.3 Å². The van der Waals surface area contributed by atoms with Gasteiger partial charge in [0, 0.05) is 19.3 Å². The van der Waals surface area contributed by atoms with Crippen LogP contribution in [0.25, 0.3) is 0 Å². The molecule has 0 unspecified atom stereocenters. The van der Waals surface area contributed by atoms with E-state index in [2.05, 4.69) is 15.4 Å². The molecule has 0 bridgehead atoms. The molecule has 0 amide bonds. The smallest absolute Gasteiger partial charge is 0.173 e. The Hall–Kier alpha value is -1.50. The van der Waals surface area contributed by atoms with Crippen LogP contribution in [0.2, 0.25) is 0 Å². The molecule has 0 atom stereocenters. The van der Waals surface area contributed by atoms with Crippen molar-refractivity contribution < 1.29 is 5.21 Å². The molecule has 0 spiro atoms. The van der Waals surface area contributed by atoms with Crippen LogP contribution in [0.3, 0.4) is 0 Å². The van der Waals surface area contributed by atoms with E-state index >= 15 is 0 Å². The van der Waals surface area contributed by atoms with Crippen molar-refractivity contribution >= 4 is 23.4 Å². The maximum Gasteiger partial charge on any atom is 0.173 e. The summed E-state index contributed by atoms with van der Waals surface area (Å²) in [6.45, 7) is 0.825. The van der Waals surface area contributed by atoms with E-state index < -0.39 is 0 Å². The minimum atomic E-state index is 0.0425. The third-order valence-corrected chi connectivity index (χ3v) is 2.67. The van der Waals surface area contributed by atoms with Crippen LogP contribution in [0.15, 0.2) is 17.4 Å². The highest BCUT2D eigenvalue weighted by Gasteiger charge is 2.12. The molecule has 88 valence electrons. The quantitative estimate of drug-likeness (QED) is 0.335. The summed E-state index contributed by atoms with van der Waals surface area (Å²) in [5.74, 6) is 1.63. The third kappa shape index (κ3) is 2.99. The molecule has 6 nitrogen and oxygen atoms in total. The second-order valence-electron chi connectivity index (χ2n) is 3.17. The second-order valence-corrected chi connectivity index (χ2v) is 4.15. The van der Waals surface area contributed by atoms with Crippen molar-refractivity contribution in [2.45, 2.75) is 0 Å². The number of rotatable bonds is 5. The first-order valence-corrected chi connectivity index (χ1v) is 6.09. The van der Waals surface area contributed by atoms with Crippen molar-refractivity contribution in [2.24, 2.45) is 10.9 Å². The number of hydrogen-bond donors (Lipinski definition) is 2. The Balaban J connectivity index is 2.94. The molecular weight excluding hydrogens is 226 g/mol. The first kappa shape index (κ1) is 12.6. The predicted molar refractivity (Wildman–Crippen MR) is 66.2 cm³/mol. The van der Waals surface area contributed by atoms with Gasteiger partial charge in [0.2, 0.25) is 0 Å². The number of nitrogens with zero attached hydrogens (tertiary/aromatic N) is 4. The lowest BCUT2D eigenvalue weighted by atomic mass is 10.2. The fourth-order valence-electron chi connectivity index (χ4n) is 1.19. The molecule has 1 rings (SSSR count). The minimum Gasteiger partial charge on any atom is -0.409 e. The molecule has 0 aliphatic rings. The van der Waals surface area contributed by atoms with Crippen LogP contribution < -0.4 is 10.6 Å². The maximum atomic E-state index is 8.66. The van der Waals surface area contributed by atoms with Gasteiger partial charge in [-0.1, -0.05) is 5.16 Å². The largest absolute Gasteiger partial charge is 0.409 e. The molecule has 1 aromatic heterocycles. The molecule has 1 heterocycles. The van der Waals surface area contributed by atoms with Gasteiger partial charge in [0.25, 0.3) is 0 Å². The van der Waals surface area contributed by atoms with Crippen molar-refractivity contribution in [3.63, 3.8) is 0 Å². The monoisotopic (exact) mass is 241 g/mol. The van der Waals surface area contributed by atoms with Crippen LogP contribution in [0, 0.1) is 0 Å². The molecule has 3 N–H and O–H groups in total. The average Bonchev–Trinajstić information content (AvgIpc) is 2.35. The first-order chi connectivity index (χ1) is 7.70. The van der Waals surface area contributed by atoms with E-state index in [0.717, 1.165) is 12.3 Å². The van der Waals surface area contributed by atoms with Crippen molar-refractivity contribution in [1.29, 1.82) is 0 Å². The van der Waals surface area contributed by atoms with E-state index in [4.69, 9.17) is 10.9 Å². The van der Waals surface area contributed by atoms with Crippen molar-refractivity contribution in [1.82, 2.24) is 10.2 Å². The van der Waals surface area contributed by atoms with E-state index in [9.17, 15) is 0 Å². The fraction of sp³-hybridized carbons (Fsp3) is 0.444. The lowest BCUT2D eigenvalue weighted by Gasteiger charge is -2.19. The van der Waals surface area contributed by atoms with E-state index in [1.165, 1.54) is 6.20 Å². The number of amidine groups is 1. The number of nitrogens with two attached hydrogens (primary N) is 1. The summed E-state index contributed by atoms with van der Waals surface area (Å²) >= 11 is 1.74. The number of hydrogen-bond acceptors (Lipinski definition) is 6. The molecule has 0 radical (unpaired) electrons.